The number of hydrogen-bond acceptors (Lipinski definition) is 7. The molecule has 0 radical (unpaired) electrons. The molecule has 6 nitrogen and oxygen atoms in total. The maximum absolute atomic E-state index is 14.0. The van der Waals surface area contributed by atoms with E-state index in [4.69, 9.17) is 14.8 Å². The first-order valence-corrected chi connectivity index (χ1v) is 14.4. The van der Waals surface area contributed by atoms with Crippen molar-refractivity contribution in [1.29, 1.82) is 0 Å². The van der Waals surface area contributed by atoms with E-state index < -0.39 is 11.6 Å². The largest absolute Gasteiger partial charge is 0.468 e. The minimum atomic E-state index is -1.18. The molecule has 0 saturated carbocycles. The number of nitrogens with zero attached hydrogens (tertiary/aromatic N) is 4. The maximum Gasteiger partial charge on any atom is 0.318 e. The number of methoxy groups -OCH3 is 1. The van der Waals surface area contributed by atoms with Crippen LogP contribution in [0.4, 0.5) is 17.1 Å². The summed E-state index contributed by atoms with van der Waals surface area (Å²) in [6.45, 7) is 2.07. The lowest BCUT2D eigenvalue weighted by Gasteiger charge is -2.44. The first-order chi connectivity index (χ1) is 20.2. The summed E-state index contributed by atoms with van der Waals surface area (Å²) in [5.41, 5.74) is 2.27. The Labute approximate surface area is 244 Å². The predicted octanol–water partition coefficient (Wildman–Crippen LogP) is 7.63. The van der Waals surface area contributed by atoms with Gasteiger partial charge >= 0.3 is 5.97 Å². The van der Waals surface area contributed by atoms with E-state index in [0.717, 1.165) is 39.0 Å². The lowest BCUT2D eigenvalue weighted by atomic mass is 9.88. The number of rotatable bonds is 6. The molecule has 1 saturated heterocycles. The highest BCUT2D eigenvalue weighted by Gasteiger charge is 2.67. The third kappa shape index (κ3) is 4.62. The number of benzene rings is 4. The van der Waals surface area contributed by atoms with E-state index in [0.29, 0.717) is 5.84 Å². The average molecular weight is 559 g/mol. The van der Waals surface area contributed by atoms with E-state index in [2.05, 4.69) is 30.0 Å². The molecule has 0 amide bonds. The Morgan fingerprint density at radius 1 is 0.878 bits per heavy atom. The predicted molar refractivity (Wildman–Crippen MR) is 169 cm³/mol. The van der Waals surface area contributed by atoms with Crippen molar-refractivity contribution in [3.63, 3.8) is 0 Å². The van der Waals surface area contributed by atoms with Crippen molar-refractivity contribution < 1.29 is 9.53 Å². The fourth-order valence-electron chi connectivity index (χ4n) is 5.45. The van der Waals surface area contributed by atoms with Crippen LogP contribution in [0.1, 0.15) is 18.9 Å². The Balaban J connectivity index is 1.74. The van der Waals surface area contributed by atoms with Gasteiger partial charge in [-0.05, 0) is 42.8 Å². The van der Waals surface area contributed by atoms with Crippen LogP contribution in [0.15, 0.2) is 142 Å². The van der Waals surface area contributed by atoms with Crippen LogP contribution in [0, 0.1) is 5.92 Å². The van der Waals surface area contributed by atoms with Crippen LogP contribution < -0.4 is 9.91 Å². The highest BCUT2D eigenvalue weighted by atomic mass is 32.2. The molecule has 1 spiro atoms. The summed E-state index contributed by atoms with van der Waals surface area (Å²) >= 11 is 1.53. The zero-order valence-corrected chi connectivity index (χ0v) is 23.7. The molecule has 4 aromatic carbocycles. The van der Waals surface area contributed by atoms with Crippen molar-refractivity contribution in [1.82, 2.24) is 0 Å². The van der Waals surface area contributed by atoms with E-state index in [-0.39, 0.29) is 5.97 Å². The summed E-state index contributed by atoms with van der Waals surface area (Å²) in [5.74, 6) is -0.360. The van der Waals surface area contributed by atoms with E-state index in [1.54, 1.807) is 0 Å². The van der Waals surface area contributed by atoms with Gasteiger partial charge in [0.05, 0.1) is 18.5 Å². The fraction of sp³-hybridized carbons (Fsp3) is 0.147. The number of allylic oxidation sites excluding steroid dienone is 1. The van der Waals surface area contributed by atoms with E-state index in [1.807, 2.05) is 114 Å². The molecular formula is C34H30N4O2S. The normalized spacial score (nSPS) is 22.0. The van der Waals surface area contributed by atoms with Gasteiger partial charge in [-0.25, -0.2) is 10.0 Å². The van der Waals surface area contributed by atoms with Gasteiger partial charge in [-0.3, -0.25) is 9.69 Å². The van der Waals surface area contributed by atoms with Crippen LogP contribution in [0.2, 0.25) is 0 Å². The van der Waals surface area contributed by atoms with Gasteiger partial charge in [0.25, 0.3) is 0 Å². The van der Waals surface area contributed by atoms with Crippen molar-refractivity contribution >= 4 is 45.7 Å². The summed E-state index contributed by atoms with van der Waals surface area (Å²) in [7, 11) is 1.45. The number of anilines is 2. The third-order valence-corrected chi connectivity index (χ3v) is 8.39. The zero-order chi connectivity index (χ0) is 28.2. The highest BCUT2D eigenvalue weighted by molar-refractivity contribution is 8.18. The fourth-order valence-corrected chi connectivity index (χ4v) is 6.90. The standard InChI is InChI=1S/C34H30N4O2S/c1-3-16-29-30(32(39)40-2)34(33(41-29)35-26-19-10-5-11-20-26)37(27-21-12-6-13-22-27)31(25-17-8-4-9-18-25)36-38(34)28-23-14-7-15-24-28/h4-24,30H,3H2,1-2H3/b29-16+,35-33?/t30-,34+/m0/s1. The molecule has 1 fully saturated rings. The summed E-state index contributed by atoms with van der Waals surface area (Å²) in [5, 5.41) is 8.03. The lowest BCUT2D eigenvalue weighted by Crippen LogP contribution is -2.65. The monoisotopic (exact) mass is 558 g/mol. The molecule has 0 N–H and O–H groups in total. The molecule has 0 bridgehead atoms. The highest BCUT2D eigenvalue weighted by Crippen LogP contribution is 2.56. The number of esters is 1. The molecule has 7 heteroatoms. The minimum Gasteiger partial charge on any atom is -0.468 e. The molecule has 0 aliphatic carbocycles. The number of ether oxygens (including phenoxy) is 1. The molecule has 2 aliphatic rings. The zero-order valence-electron chi connectivity index (χ0n) is 22.9. The number of aliphatic imine (C=N–C) groups is 1. The minimum absolute atomic E-state index is 0.346. The number of carbonyl (C=O) groups excluding carboxylic acids is 1. The number of para-hydroxylation sites is 3. The third-order valence-electron chi connectivity index (χ3n) is 7.16. The van der Waals surface area contributed by atoms with Crippen molar-refractivity contribution in [2.75, 3.05) is 17.0 Å². The Kier molecular flexibility index (Phi) is 7.44. The summed E-state index contributed by atoms with van der Waals surface area (Å²) in [6, 6.07) is 40.0. The summed E-state index contributed by atoms with van der Waals surface area (Å²) in [4.78, 5) is 22.3. The Morgan fingerprint density at radius 2 is 1.44 bits per heavy atom. The average Bonchev–Trinajstić information content (AvgIpc) is 3.54. The molecular weight excluding hydrogens is 528 g/mol. The van der Waals surface area contributed by atoms with Gasteiger partial charge in [0.2, 0.25) is 5.66 Å². The first-order valence-electron chi connectivity index (χ1n) is 13.6. The van der Waals surface area contributed by atoms with Gasteiger partial charge in [0.15, 0.2) is 5.84 Å². The van der Waals surface area contributed by atoms with E-state index >= 15 is 0 Å². The molecule has 2 aliphatic heterocycles. The van der Waals surface area contributed by atoms with Crippen molar-refractivity contribution in [3.8, 4) is 0 Å². The van der Waals surface area contributed by atoms with E-state index in [1.165, 1.54) is 18.9 Å². The van der Waals surface area contributed by atoms with Crippen molar-refractivity contribution in [2.24, 2.45) is 16.0 Å². The van der Waals surface area contributed by atoms with Crippen LogP contribution in [0.5, 0.6) is 0 Å². The lowest BCUT2D eigenvalue weighted by molar-refractivity contribution is -0.144. The molecule has 41 heavy (non-hydrogen) atoms. The van der Waals surface area contributed by atoms with E-state index in [9.17, 15) is 4.79 Å². The molecule has 204 valence electrons. The van der Waals surface area contributed by atoms with Crippen LogP contribution in [0.3, 0.4) is 0 Å². The molecule has 0 unspecified atom stereocenters. The van der Waals surface area contributed by atoms with Crippen LogP contribution in [0.25, 0.3) is 0 Å². The number of hydrazone groups is 1. The van der Waals surface area contributed by atoms with Crippen LogP contribution in [-0.4, -0.2) is 29.6 Å². The molecule has 2 heterocycles. The topological polar surface area (TPSA) is 57.5 Å². The smallest absolute Gasteiger partial charge is 0.318 e. The van der Waals surface area contributed by atoms with Gasteiger partial charge in [-0.15, -0.1) is 0 Å². The second kappa shape index (κ2) is 11.5. The number of carbonyl (C=O) groups is 1. The second-order valence-electron chi connectivity index (χ2n) is 9.66. The molecule has 4 aromatic rings. The molecule has 6 rings (SSSR count). The Bertz CT molecular complexity index is 1610. The number of amidine groups is 1. The second-order valence-corrected chi connectivity index (χ2v) is 10.7. The Morgan fingerprint density at radius 3 is 2.02 bits per heavy atom. The van der Waals surface area contributed by atoms with Crippen LogP contribution in [-0.2, 0) is 9.53 Å². The van der Waals surface area contributed by atoms with Gasteiger partial charge < -0.3 is 4.74 Å². The van der Waals surface area contributed by atoms with Crippen LogP contribution >= 0.6 is 11.8 Å². The number of hydrogen-bond donors (Lipinski definition) is 0. The van der Waals surface area contributed by atoms with Gasteiger partial charge in [-0.1, -0.05) is 110 Å². The van der Waals surface area contributed by atoms with Gasteiger partial charge in [-0.2, -0.15) is 5.10 Å². The van der Waals surface area contributed by atoms with Crippen molar-refractivity contribution in [2.45, 2.75) is 19.0 Å². The first kappa shape index (κ1) is 26.6. The maximum atomic E-state index is 14.0. The quantitative estimate of drug-likeness (QED) is 0.228. The molecule has 0 aromatic heterocycles. The SMILES string of the molecule is CC/C=C1/SC(=Nc2ccccc2)[C@@]2([C@@H]1C(=O)OC)N(c1ccccc1)N=C(c1ccccc1)N2c1ccccc1. The number of thioether (sulfide) groups is 1. The summed E-state index contributed by atoms with van der Waals surface area (Å²) in [6.07, 6.45) is 2.86. The van der Waals surface area contributed by atoms with Crippen molar-refractivity contribution in [3.05, 3.63) is 138 Å². The van der Waals surface area contributed by atoms with Gasteiger partial charge in [0.1, 0.15) is 11.0 Å². The van der Waals surface area contributed by atoms with Gasteiger partial charge in [0, 0.05) is 16.2 Å². The molecule has 2 atom stereocenters. The Hall–Kier alpha value is -4.62. The summed E-state index contributed by atoms with van der Waals surface area (Å²) < 4.78 is 5.55.